The molecule has 0 radical (unpaired) electrons. The lowest BCUT2D eigenvalue weighted by molar-refractivity contribution is 0.0989. The van der Waals surface area contributed by atoms with Gasteiger partial charge in [-0.15, -0.1) is 0 Å². The molecule has 264 valence electrons. The van der Waals surface area contributed by atoms with Crippen molar-refractivity contribution >= 4 is 52.9 Å². The van der Waals surface area contributed by atoms with Crippen molar-refractivity contribution in [3.05, 3.63) is 107 Å². The van der Waals surface area contributed by atoms with Crippen LogP contribution in [0.5, 0.6) is 11.5 Å². The van der Waals surface area contributed by atoms with E-state index >= 15 is 0 Å². The van der Waals surface area contributed by atoms with Gasteiger partial charge < -0.3 is 18.9 Å². The van der Waals surface area contributed by atoms with Crippen LogP contribution in [-0.4, -0.2) is 42.2 Å². The Morgan fingerprint density at radius 1 is 0.600 bits per heavy atom. The van der Waals surface area contributed by atoms with Crippen LogP contribution < -0.4 is 18.3 Å². The predicted octanol–water partition coefficient (Wildman–Crippen LogP) is 8.54. The van der Waals surface area contributed by atoms with Gasteiger partial charge in [0.25, 0.3) is 11.8 Å². The highest BCUT2D eigenvalue weighted by molar-refractivity contribution is 6.40. The van der Waals surface area contributed by atoms with Gasteiger partial charge in [0.2, 0.25) is 0 Å². The number of nitrogens with zero attached hydrogens (tertiary/aromatic N) is 4. The first-order valence-electron chi connectivity index (χ1n) is 15.6. The number of aromatic nitrogens is 2. The topological polar surface area (TPSA) is 120 Å². The van der Waals surface area contributed by atoms with Gasteiger partial charge in [-0.2, -0.15) is 0 Å². The number of anilines is 2. The Kier molecular flexibility index (Phi) is 12.2. The van der Waals surface area contributed by atoms with E-state index in [9.17, 15) is 14.4 Å². The fourth-order valence-electron chi connectivity index (χ4n) is 5.16. The van der Waals surface area contributed by atoms with Crippen LogP contribution in [0.3, 0.4) is 0 Å². The standard InChI is InChI=1S/C37H40Cl2N4O7/c1-36(2,3)27-17-19-40-29(21-47-7)31(27)33(44)42(38)23-9-13-25(14-10-23)49-35(46)50-26-15-11-24(12-16-26)43(39)34(45)32-28(37(4,5)6)18-20-41-30(32)22-48-8/h9-20H,21-22H2,1-8H3. The molecule has 4 rings (SSSR count). The zero-order chi connectivity index (χ0) is 36.8. The third-order valence-corrected chi connectivity index (χ3v) is 8.25. The molecular formula is C37H40Cl2N4O7. The Hall–Kier alpha value is -4.55. The number of amides is 2. The average molecular weight is 724 g/mol. The number of methoxy groups -OCH3 is 2. The van der Waals surface area contributed by atoms with E-state index in [-0.39, 0.29) is 35.5 Å². The number of ether oxygens (including phenoxy) is 4. The highest BCUT2D eigenvalue weighted by Gasteiger charge is 2.30. The summed E-state index contributed by atoms with van der Waals surface area (Å²) < 4.78 is 23.2. The van der Waals surface area contributed by atoms with E-state index in [2.05, 4.69) is 9.97 Å². The second-order valence-electron chi connectivity index (χ2n) is 13.3. The van der Waals surface area contributed by atoms with E-state index in [1.54, 1.807) is 24.5 Å². The third-order valence-electron chi connectivity index (χ3n) is 7.55. The minimum absolute atomic E-state index is 0.134. The van der Waals surface area contributed by atoms with E-state index in [0.29, 0.717) is 33.9 Å². The molecule has 2 heterocycles. The normalized spacial score (nSPS) is 11.6. The number of hydrogen-bond acceptors (Lipinski definition) is 9. The highest BCUT2D eigenvalue weighted by Crippen LogP contribution is 2.33. The number of halogens is 2. The fraction of sp³-hybridized carbons (Fsp3) is 0.324. The molecule has 0 aliphatic carbocycles. The van der Waals surface area contributed by atoms with Crippen molar-refractivity contribution in [2.75, 3.05) is 23.1 Å². The number of hydrogen-bond donors (Lipinski definition) is 0. The fourth-order valence-corrected chi connectivity index (χ4v) is 5.56. The molecule has 13 heteroatoms. The van der Waals surface area contributed by atoms with Gasteiger partial charge in [-0.25, -0.2) is 13.6 Å². The minimum atomic E-state index is -1.01. The van der Waals surface area contributed by atoms with Gasteiger partial charge in [-0.05, 0) is 82.6 Å². The zero-order valence-electron chi connectivity index (χ0n) is 29.2. The molecule has 0 saturated carbocycles. The zero-order valence-corrected chi connectivity index (χ0v) is 30.8. The van der Waals surface area contributed by atoms with Crippen molar-refractivity contribution in [3.8, 4) is 11.5 Å². The van der Waals surface area contributed by atoms with E-state index < -0.39 is 18.0 Å². The van der Waals surface area contributed by atoms with Gasteiger partial charge in [0.15, 0.2) is 0 Å². The van der Waals surface area contributed by atoms with E-state index in [4.69, 9.17) is 42.5 Å². The highest BCUT2D eigenvalue weighted by atomic mass is 35.5. The van der Waals surface area contributed by atoms with Gasteiger partial charge >= 0.3 is 6.16 Å². The Balaban J connectivity index is 1.43. The van der Waals surface area contributed by atoms with Crippen LogP contribution in [0.15, 0.2) is 73.1 Å². The summed E-state index contributed by atoms with van der Waals surface area (Å²) in [7, 11) is 3.05. The average Bonchev–Trinajstić information content (AvgIpc) is 3.07. The SMILES string of the molecule is COCc1nccc(C(C)(C)C)c1C(=O)N(Cl)c1ccc(OC(=O)Oc2ccc(N(Cl)C(=O)c3c(C(C)(C)C)ccnc3COC)cc2)cc1. The van der Waals surface area contributed by atoms with Gasteiger partial charge in [0.05, 0.1) is 47.1 Å². The first kappa shape index (κ1) is 38.3. The number of carbonyl (C=O) groups excluding carboxylic acids is 3. The van der Waals surface area contributed by atoms with Crippen LogP contribution in [0.25, 0.3) is 0 Å². The maximum Gasteiger partial charge on any atom is 0.519 e. The summed E-state index contributed by atoms with van der Waals surface area (Å²) >= 11 is 13.1. The lowest BCUT2D eigenvalue weighted by Gasteiger charge is -2.25. The maximum absolute atomic E-state index is 13.6. The quantitative estimate of drug-likeness (QED) is 0.0901. The number of pyridine rings is 2. The van der Waals surface area contributed by atoms with Crippen molar-refractivity contribution in [2.24, 2.45) is 0 Å². The summed E-state index contributed by atoms with van der Waals surface area (Å²) in [6.07, 6.45) is 2.28. The van der Waals surface area contributed by atoms with Gasteiger partial charge in [-0.1, -0.05) is 41.5 Å². The van der Waals surface area contributed by atoms with Crippen LogP contribution in [0.4, 0.5) is 16.2 Å². The predicted molar refractivity (Wildman–Crippen MR) is 192 cm³/mol. The Morgan fingerprint density at radius 2 is 0.940 bits per heavy atom. The lowest BCUT2D eigenvalue weighted by Crippen LogP contribution is -2.28. The van der Waals surface area contributed by atoms with Crippen molar-refractivity contribution in [1.29, 1.82) is 0 Å². The van der Waals surface area contributed by atoms with Crippen LogP contribution in [0.2, 0.25) is 0 Å². The second-order valence-corrected chi connectivity index (χ2v) is 14.0. The lowest BCUT2D eigenvalue weighted by atomic mass is 9.83. The number of rotatable bonds is 10. The molecule has 11 nitrogen and oxygen atoms in total. The second kappa shape index (κ2) is 16.0. The molecule has 0 saturated heterocycles. The number of carbonyl (C=O) groups is 3. The van der Waals surface area contributed by atoms with Crippen molar-refractivity contribution in [3.63, 3.8) is 0 Å². The van der Waals surface area contributed by atoms with Crippen LogP contribution in [-0.2, 0) is 33.5 Å². The Bertz CT molecular complexity index is 1700. The smallest absolute Gasteiger partial charge is 0.395 e. The monoisotopic (exact) mass is 722 g/mol. The van der Waals surface area contributed by atoms with E-state index in [1.807, 2.05) is 41.5 Å². The van der Waals surface area contributed by atoms with Crippen molar-refractivity contribution in [2.45, 2.75) is 65.6 Å². The molecular weight excluding hydrogens is 683 g/mol. The third kappa shape index (κ3) is 8.97. The Morgan fingerprint density at radius 3 is 1.24 bits per heavy atom. The van der Waals surface area contributed by atoms with E-state index in [0.717, 1.165) is 20.0 Å². The molecule has 0 fully saturated rings. The minimum Gasteiger partial charge on any atom is -0.395 e. The maximum atomic E-state index is 13.6. The summed E-state index contributed by atoms with van der Waals surface area (Å²) in [5, 5.41) is 0. The Labute approximate surface area is 302 Å². The molecule has 0 spiro atoms. The molecule has 0 bridgehead atoms. The van der Waals surface area contributed by atoms with Gasteiger partial charge in [0, 0.05) is 50.2 Å². The molecule has 2 aromatic carbocycles. The summed E-state index contributed by atoms with van der Waals surface area (Å²) in [5.41, 5.74) is 3.16. The molecule has 4 aromatic rings. The number of benzene rings is 2. The summed E-state index contributed by atoms with van der Waals surface area (Å²) in [6.45, 7) is 12.2. The first-order valence-corrected chi connectivity index (χ1v) is 16.3. The molecule has 0 atom stereocenters. The first-order chi connectivity index (χ1) is 23.6. The molecule has 0 aliphatic rings. The molecule has 0 aliphatic heterocycles. The molecule has 50 heavy (non-hydrogen) atoms. The van der Waals surface area contributed by atoms with Crippen molar-refractivity contribution < 1.29 is 33.3 Å². The molecule has 2 amide bonds. The van der Waals surface area contributed by atoms with Gasteiger partial charge in [-0.3, -0.25) is 19.6 Å². The molecule has 2 aromatic heterocycles. The van der Waals surface area contributed by atoms with Crippen LogP contribution in [0, 0.1) is 0 Å². The van der Waals surface area contributed by atoms with E-state index in [1.165, 1.54) is 62.8 Å². The molecule has 0 N–H and O–H groups in total. The summed E-state index contributed by atoms with van der Waals surface area (Å²) in [6, 6.07) is 15.6. The molecule has 0 unspecified atom stereocenters. The van der Waals surface area contributed by atoms with Gasteiger partial charge in [0.1, 0.15) is 11.5 Å². The van der Waals surface area contributed by atoms with Crippen LogP contribution >= 0.6 is 23.6 Å². The summed E-state index contributed by atoms with van der Waals surface area (Å²) in [4.78, 5) is 48.5. The van der Waals surface area contributed by atoms with Crippen molar-refractivity contribution in [1.82, 2.24) is 9.97 Å². The summed E-state index contributed by atoms with van der Waals surface area (Å²) in [5.74, 6) is -0.646. The van der Waals surface area contributed by atoms with Crippen LogP contribution in [0.1, 0.15) is 84.8 Å². The largest absolute Gasteiger partial charge is 0.519 e.